The Morgan fingerprint density at radius 3 is 0.953 bits per heavy atom. The van der Waals surface area contributed by atoms with E-state index in [4.69, 9.17) is 28.8 Å². The van der Waals surface area contributed by atoms with Gasteiger partial charge in [-0.2, -0.15) is 0 Å². The summed E-state index contributed by atoms with van der Waals surface area (Å²) in [5, 5.41) is 21.1. The summed E-state index contributed by atoms with van der Waals surface area (Å²) in [5.74, 6) is 1.24. The van der Waals surface area contributed by atoms with Crippen molar-refractivity contribution in [1.82, 2.24) is 19.9 Å². The molecule has 0 unspecified atom stereocenters. The highest BCUT2D eigenvalue weighted by atomic mass is 16.4. The third-order valence-corrected chi connectivity index (χ3v) is 21.3. The highest BCUT2D eigenvalue weighted by Gasteiger charge is 2.22. The molecule has 0 radical (unpaired) electrons. The summed E-state index contributed by atoms with van der Waals surface area (Å²) >= 11 is 0. The number of pyridine rings is 2. The number of hydrogen-bond donors (Lipinski definition) is 0. The largest absolute Gasteiger partial charge is 0.436 e. The first-order chi connectivity index (χ1) is 52.5. The Labute approximate surface area is 609 Å². The van der Waals surface area contributed by atoms with Crippen LogP contribution in [0.3, 0.4) is 0 Å². The van der Waals surface area contributed by atoms with E-state index in [1.807, 2.05) is 24.3 Å². The second-order valence-corrected chi connectivity index (χ2v) is 27.5. The molecule has 0 spiro atoms. The van der Waals surface area contributed by atoms with Gasteiger partial charge in [0.15, 0.2) is 11.2 Å². The molecule has 22 rings (SSSR count). The Hall–Kier alpha value is -14.2. The zero-order valence-electron chi connectivity index (χ0n) is 57.2. The van der Waals surface area contributed by atoms with Crippen LogP contribution in [-0.4, -0.2) is 19.9 Å². The molecule has 0 aliphatic heterocycles. The van der Waals surface area contributed by atoms with Gasteiger partial charge in [-0.25, -0.2) is 19.9 Å². The van der Waals surface area contributed by atoms with Gasteiger partial charge in [0.05, 0.1) is 22.4 Å². The van der Waals surface area contributed by atoms with E-state index in [0.717, 1.165) is 149 Å². The van der Waals surface area contributed by atoms with Crippen LogP contribution in [0.5, 0.6) is 0 Å². The van der Waals surface area contributed by atoms with Crippen molar-refractivity contribution in [2.45, 2.75) is 0 Å². The van der Waals surface area contributed by atoms with Crippen LogP contribution in [0, 0.1) is 0 Å². The van der Waals surface area contributed by atoms with Crippen LogP contribution in [0.25, 0.3) is 220 Å². The molecule has 106 heavy (non-hydrogen) atoms. The molecule has 0 atom stereocenters. The van der Waals surface area contributed by atoms with E-state index in [0.29, 0.717) is 11.8 Å². The quantitative estimate of drug-likeness (QED) is 0.141. The Morgan fingerprint density at radius 2 is 0.500 bits per heavy atom. The Morgan fingerprint density at radius 1 is 0.179 bits per heavy atom. The predicted octanol–water partition coefficient (Wildman–Crippen LogP) is 27.3. The molecule has 0 amide bonds. The maximum atomic E-state index is 6.60. The van der Waals surface area contributed by atoms with Gasteiger partial charge in [0, 0.05) is 54.6 Å². The topological polar surface area (TPSA) is 77.8 Å². The Kier molecular flexibility index (Phi) is 14.2. The third kappa shape index (κ3) is 10.4. The van der Waals surface area contributed by atoms with Crippen molar-refractivity contribution < 1.29 is 8.83 Å². The van der Waals surface area contributed by atoms with Crippen LogP contribution in [0.15, 0.2) is 373 Å². The maximum Gasteiger partial charge on any atom is 0.227 e. The molecule has 4 heterocycles. The Bertz CT molecular complexity index is 7230. The molecule has 6 nitrogen and oxygen atoms in total. The van der Waals surface area contributed by atoms with Gasteiger partial charge in [0.25, 0.3) is 0 Å². The van der Waals surface area contributed by atoms with Crippen LogP contribution in [0.2, 0.25) is 0 Å². The number of hydrogen-bond acceptors (Lipinski definition) is 6. The smallest absolute Gasteiger partial charge is 0.227 e. The van der Waals surface area contributed by atoms with Crippen LogP contribution < -0.4 is 0 Å². The van der Waals surface area contributed by atoms with Crippen molar-refractivity contribution in [1.29, 1.82) is 0 Å². The van der Waals surface area contributed by atoms with Gasteiger partial charge >= 0.3 is 0 Å². The number of rotatable bonds is 8. The van der Waals surface area contributed by atoms with Gasteiger partial charge in [-0.3, -0.25) is 0 Å². The lowest BCUT2D eigenvalue weighted by Gasteiger charge is -2.16. The van der Waals surface area contributed by atoms with Gasteiger partial charge < -0.3 is 8.83 Å². The highest BCUT2D eigenvalue weighted by molar-refractivity contribution is 6.23. The van der Waals surface area contributed by atoms with E-state index in [1.165, 1.54) is 59.4 Å². The molecule has 0 aliphatic carbocycles. The number of para-hydroxylation sites is 2. The molecule has 4 aromatic heterocycles. The van der Waals surface area contributed by atoms with E-state index in [2.05, 4.69) is 340 Å². The van der Waals surface area contributed by atoms with E-state index in [-0.39, 0.29) is 0 Å². The molecule has 6 heteroatoms. The fourth-order valence-electron chi connectivity index (χ4n) is 16.0. The number of fused-ring (bicyclic) bond motifs is 17. The third-order valence-electron chi connectivity index (χ3n) is 21.3. The first-order valence-electron chi connectivity index (χ1n) is 36.0. The summed E-state index contributed by atoms with van der Waals surface area (Å²) in [7, 11) is 0. The van der Waals surface area contributed by atoms with Crippen LogP contribution in [0.4, 0.5) is 0 Å². The zero-order chi connectivity index (χ0) is 69.8. The lowest BCUT2D eigenvalue weighted by Crippen LogP contribution is -1.93. The van der Waals surface area contributed by atoms with Gasteiger partial charge in [-0.05, 0) is 194 Å². The molecule has 0 saturated carbocycles. The first kappa shape index (κ1) is 60.6. The summed E-state index contributed by atoms with van der Waals surface area (Å²) in [6.45, 7) is 0. The van der Waals surface area contributed by atoms with Crippen molar-refractivity contribution in [3.63, 3.8) is 0 Å². The van der Waals surface area contributed by atoms with E-state index >= 15 is 0 Å². The van der Waals surface area contributed by atoms with Gasteiger partial charge in [-0.1, -0.05) is 279 Å². The lowest BCUT2D eigenvalue weighted by molar-refractivity contribution is 0.620. The molecule has 492 valence electrons. The maximum absolute atomic E-state index is 6.60. The number of aromatic nitrogens is 4. The minimum absolute atomic E-state index is 0.616. The Balaban J connectivity index is 0.000000138. The average Bonchev–Trinajstić information content (AvgIpc) is 1.06. The molecule has 0 fully saturated rings. The summed E-state index contributed by atoms with van der Waals surface area (Å²) in [6, 6.07) is 129. The fourth-order valence-corrected chi connectivity index (χ4v) is 16.0. The van der Waals surface area contributed by atoms with Crippen molar-refractivity contribution in [2.24, 2.45) is 0 Å². The minimum Gasteiger partial charge on any atom is -0.436 e. The van der Waals surface area contributed by atoms with Gasteiger partial charge in [0.1, 0.15) is 11.0 Å². The molecule has 0 aliphatic rings. The van der Waals surface area contributed by atoms with Crippen LogP contribution in [0.1, 0.15) is 0 Å². The minimum atomic E-state index is 0.616. The molecule has 22 aromatic rings. The number of oxazole rings is 2. The molecule has 0 N–H and O–H groups in total. The van der Waals surface area contributed by atoms with E-state index in [1.54, 1.807) is 0 Å². The fraction of sp³-hybridized carbons (Fsp3) is 0. The lowest BCUT2D eigenvalue weighted by atomic mass is 9.90. The number of nitrogens with zero attached hydrogens (tertiary/aromatic N) is 4. The van der Waals surface area contributed by atoms with E-state index < -0.39 is 0 Å². The average molecular weight is 1350 g/mol. The van der Waals surface area contributed by atoms with Gasteiger partial charge in [0.2, 0.25) is 11.8 Å². The predicted molar refractivity (Wildman–Crippen MR) is 442 cm³/mol. The van der Waals surface area contributed by atoms with Crippen molar-refractivity contribution in [2.75, 3.05) is 0 Å². The normalized spacial score (nSPS) is 11.8. The summed E-state index contributed by atoms with van der Waals surface area (Å²) in [4.78, 5) is 20.7. The monoisotopic (exact) mass is 1350 g/mol. The van der Waals surface area contributed by atoms with Crippen molar-refractivity contribution in [3.8, 4) is 89.9 Å². The van der Waals surface area contributed by atoms with Crippen molar-refractivity contribution in [3.05, 3.63) is 364 Å². The first-order valence-corrected chi connectivity index (χ1v) is 36.0. The zero-order valence-corrected chi connectivity index (χ0v) is 57.2. The van der Waals surface area contributed by atoms with Crippen LogP contribution in [-0.2, 0) is 0 Å². The van der Waals surface area contributed by atoms with Gasteiger partial charge in [-0.15, -0.1) is 0 Å². The summed E-state index contributed by atoms with van der Waals surface area (Å²) in [5.41, 5.74) is 20.6. The second kappa shape index (κ2) is 24.8. The summed E-state index contributed by atoms with van der Waals surface area (Å²) in [6.07, 6.45) is 0. The molecule has 0 bridgehead atoms. The number of benzene rings is 18. The molecule has 18 aromatic carbocycles. The molecular weight excluding hydrogens is 1290 g/mol. The standard InChI is InChI=1S/C54H32N2O.C46H28N2O/c1-3-13-37-29-39(27-21-33(37)11-1)48-32-50(40-28-22-34-12-2-4-14-38(34)30-40)55-51-44-18-8-6-17-43(44)47(31-49(48)51)35-23-25-36(26-24-35)54-56-52-45-19-9-5-15-41(45)42-16-7-10-20-46(42)53(52)57-54;1-3-11-33-25-35(23-17-29(33)9-1)40-28-43(36-24-18-30-10-2-4-12-34(30)26-36)47-45-38-14-6-5-13-37(38)39(27-41(40)45)31-19-21-32(22-20-31)46-48-42-15-7-8-16-44(42)49-46/h1-32H;1-28H. The highest BCUT2D eigenvalue weighted by Crippen LogP contribution is 2.46. The SMILES string of the molecule is c1ccc2cc(-c3cc(-c4ccc5ccccc5c4)c4cc(-c5ccc(-c6nc7c8ccccc8c8ccccc8c7o6)cc5)c5ccccc5c4n3)ccc2c1.c1ccc2cc(-c3cc(-c4ccc5ccccc5c4)c4cc(-c5ccc(-c6nc7ccccc7o6)cc5)c5ccccc5c4n3)ccc2c1. The van der Waals surface area contributed by atoms with E-state index in [9.17, 15) is 0 Å². The van der Waals surface area contributed by atoms with Crippen LogP contribution >= 0.6 is 0 Å². The van der Waals surface area contributed by atoms with Crippen molar-refractivity contribution >= 4 is 130 Å². The molecular formula is C100H60N4O2. The molecule has 0 saturated heterocycles. The second-order valence-electron chi connectivity index (χ2n) is 27.5. The summed E-state index contributed by atoms with van der Waals surface area (Å²) < 4.78 is 12.7.